The van der Waals surface area contributed by atoms with Gasteiger partial charge in [0, 0.05) is 30.7 Å². The quantitative estimate of drug-likeness (QED) is 0.827. The maximum absolute atomic E-state index is 12.5. The molecule has 25 heavy (non-hydrogen) atoms. The fourth-order valence-electron chi connectivity index (χ4n) is 3.52. The van der Waals surface area contributed by atoms with Crippen LogP contribution in [0.25, 0.3) is 10.8 Å². The van der Waals surface area contributed by atoms with Crippen LogP contribution in [0.5, 0.6) is 0 Å². The Morgan fingerprint density at radius 3 is 2.64 bits per heavy atom. The second-order valence-electron chi connectivity index (χ2n) is 6.82. The molecule has 2 aliphatic rings. The van der Waals surface area contributed by atoms with Crippen molar-refractivity contribution in [3.8, 4) is 0 Å². The monoisotopic (exact) mass is 353 g/mol. The summed E-state index contributed by atoms with van der Waals surface area (Å²) in [7, 11) is 0. The first-order valence-electron chi connectivity index (χ1n) is 8.88. The van der Waals surface area contributed by atoms with Crippen LogP contribution < -0.4 is 14.9 Å². The Morgan fingerprint density at radius 1 is 1.16 bits per heavy atom. The molecule has 2 aromatic carbocycles. The SMILES string of the molecule is CC1C=C(NC(=O)C2CCN(c3ccc4ccccc4c3)CC2)SN1. The lowest BCUT2D eigenvalue weighted by atomic mass is 9.95. The summed E-state index contributed by atoms with van der Waals surface area (Å²) in [6.07, 6.45) is 3.87. The number of amides is 1. The molecule has 2 heterocycles. The topological polar surface area (TPSA) is 44.4 Å². The van der Waals surface area contributed by atoms with Crippen LogP contribution in [0.4, 0.5) is 5.69 Å². The van der Waals surface area contributed by atoms with Crippen LogP contribution in [0.1, 0.15) is 19.8 Å². The zero-order valence-corrected chi connectivity index (χ0v) is 15.2. The van der Waals surface area contributed by atoms with Crippen molar-refractivity contribution in [1.29, 1.82) is 0 Å². The van der Waals surface area contributed by atoms with Gasteiger partial charge in [-0.3, -0.25) is 9.52 Å². The molecule has 1 fully saturated rings. The van der Waals surface area contributed by atoms with Crippen LogP contribution in [0.15, 0.2) is 53.6 Å². The van der Waals surface area contributed by atoms with Crippen LogP contribution >= 0.6 is 11.9 Å². The predicted octanol–water partition coefficient (Wildman–Crippen LogP) is 3.65. The molecule has 2 aliphatic heterocycles. The molecular formula is C20H23N3OS. The molecule has 1 unspecified atom stereocenters. The van der Waals surface area contributed by atoms with E-state index in [2.05, 4.69) is 70.4 Å². The molecule has 0 spiro atoms. The Kier molecular flexibility index (Phi) is 4.68. The molecular weight excluding hydrogens is 330 g/mol. The first kappa shape index (κ1) is 16.5. The number of carbonyl (C=O) groups excluding carboxylic acids is 1. The van der Waals surface area contributed by atoms with E-state index < -0.39 is 0 Å². The number of carbonyl (C=O) groups is 1. The van der Waals surface area contributed by atoms with Gasteiger partial charge in [-0.25, -0.2) is 0 Å². The molecule has 1 saturated heterocycles. The Hall–Kier alpha value is -1.98. The molecule has 2 N–H and O–H groups in total. The van der Waals surface area contributed by atoms with Crippen LogP contribution in [-0.2, 0) is 4.79 Å². The smallest absolute Gasteiger partial charge is 0.228 e. The summed E-state index contributed by atoms with van der Waals surface area (Å²) in [5.41, 5.74) is 1.25. The van der Waals surface area contributed by atoms with Gasteiger partial charge in [-0.2, -0.15) is 0 Å². The number of benzene rings is 2. The summed E-state index contributed by atoms with van der Waals surface area (Å²) >= 11 is 1.51. The zero-order valence-electron chi connectivity index (χ0n) is 14.4. The van der Waals surface area contributed by atoms with Gasteiger partial charge in [-0.15, -0.1) is 0 Å². The Morgan fingerprint density at radius 2 is 1.92 bits per heavy atom. The van der Waals surface area contributed by atoms with Gasteiger partial charge < -0.3 is 10.2 Å². The van der Waals surface area contributed by atoms with E-state index in [-0.39, 0.29) is 11.8 Å². The summed E-state index contributed by atoms with van der Waals surface area (Å²) in [4.78, 5) is 14.9. The van der Waals surface area contributed by atoms with E-state index in [0.29, 0.717) is 6.04 Å². The minimum absolute atomic E-state index is 0.106. The average molecular weight is 353 g/mol. The second-order valence-corrected chi connectivity index (χ2v) is 7.70. The molecule has 0 aliphatic carbocycles. The molecule has 2 aromatic rings. The number of rotatable bonds is 3. The van der Waals surface area contributed by atoms with Gasteiger partial charge in [0.15, 0.2) is 0 Å². The number of piperidine rings is 1. The lowest BCUT2D eigenvalue weighted by molar-refractivity contribution is -0.124. The largest absolute Gasteiger partial charge is 0.371 e. The van der Waals surface area contributed by atoms with E-state index in [4.69, 9.17) is 0 Å². The first-order chi connectivity index (χ1) is 12.2. The molecule has 0 saturated carbocycles. The van der Waals surface area contributed by atoms with Gasteiger partial charge >= 0.3 is 0 Å². The minimum atomic E-state index is 0.106. The van der Waals surface area contributed by atoms with E-state index >= 15 is 0 Å². The highest BCUT2D eigenvalue weighted by Gasteiger charge is 2.26. The van der Waals surface area contributed by atoms with Gasteiger partial charge in [0.1, 0.15) is 0 Å². The highest BCUT2D eigenvalue weighted by atomic mass is 32.2. The average Bonchev–Trinajstić information content (AvgIpc) is 3.06. The molecule has 4 nitrogen and oxygen atoms in total. The second kappa shape index (κ2) is 7.10. The number of hydrogen-bond acceptors (Lipinski definition) is 4. The summed E-state index contributed by atoms with van der Waals surface area (Å²) in [5, 5.41) is 6.54. The zero-order chi connectivity index (χ0) is 17.2. The van der Waals surface area contributed by atoms with E-state index in [1.54, 1.807) is 0 Å². The first-order valence-corrected chi connectivity index (χ1v) is 9.69. The Labute approximate surface area is 152 Å². The molecule has 0 aromatic heterocycles. The number of hydrogen-bond donors (Lipinski definition) is 2. The highest BCUT2D eigenvalue weighted by molar-refractivity contribution is 8.01. The number of nitrogens with one attached hydrogen (secondary N) is 2. The van der Waals surface area contributed by atoms with Crippen molar-refractivity contribution in [2.75, 3.05) is 18.0 Å². The van der Waals surface area contributed by atoms with Crippen LogP contribution in [0.3, 0.4) is 0 Å². The molecule has 4 rings (SSSR count). The Balaban J connectivity index is 1.37. The molecule has 130 valence electrons. The minimum Gasteiger partial charge on any atom is -0.371 e. The predicted molar refractivity (Wildman–Crippen MR) is 105 cm³/mol. The van der Waals surface area contributed by atoms with Crippen molar-refractivity contribution in [1.82, 2.24) is 10.0 Å². The highest BCUT2D eigenvalue weighted by Crippen LogP contribution is 2.27. The van der Waals surface area contributed by atoms with E-state index in [9.17, 15) is 4.79 Å². The van der Waals surface area contributed by atoms with Gasteiger partial charge in [0.25, 0.3) is 0 Å². The van der Waals surface area contributed by atoms with Crippen molar-refractivity contribution >= 4 is 34.3 Å². The number of nitrogens with zero attached hydrogens (tertiary/aromatic N) is 1. The van der Waals surface area contributed by atoms with Crippen LogP contribution in [0.2, 0.25) is 0 Å². The van der Waals surface area contributed by atoms with Crippen molar-refractivity contribution in [2.24, 2.45) is 5.92 Å². The maximum atomic E-state index is 12.5. The summed E-state index contributed by atoms with van der Waals surface area (Å²) in [5.74, 6) is 0.266. The third kappa shape index (κ3) is 3.67. The number of anilines is 1. The van der Waals surface area contributed by atoms with Gasteiger partial charge in [-0.05, 0) is 60.7 Å². The van der Waals surface area contributed by atoms with Crippen molar-refractivity contribution in [3.05, 3.63) is 53.6 Å². The third-order valence-electron chi connectivity index (χ3n) is 4.97. The molecule has 1 amide bonds. The lowest BCUT2D eigenvalue weighted by Gasteiger charge is -2.33. The van der Waals surface area contributed by atoms with E-state index in [0.717, 1.165) is 31.0 Å². The Bertz CT molecular complexity index is 811. The normalized spacial score (nSPS) is 21.4. The van der Waals surface area contributed by atoms with Gasteiger partial charge in [0.2, 0.25) is 5.91 Å². The molecule has 0 radical (unpaired) electrons. The fourth-order valence-corrected chi connectivity index (χ4v) is 4.32. The van der Waals surface area contributed by atoms with Gasteiger partial charge in [0.05, 0.1) is 5.03 Å². The molecule has 0 bridgehead atoms. The fraction of sp³-hybridized carbons (Fsp3) is 0.350. The van der Waals surface area contributed by atoms with Crippen molar-refractivity contribution < 1.29 is 4.79 Å². The van der Waals surface area contributed by atoms with E-state index in [1.807, 2.05) is 0 Å². The standard InChI is InChI=1S/C20H23N3OS/c1-14-12-19(25-22-14)21-20(24)16-8-10-23(11-9-16)18-7-6-15-4-2-3-5-17(15)13-18/h2-7,12-14,16,22H,8-11H2,1H3,(H,21,24). The maximum Gasteiger partial charge on any atom is 0.228 e. The van der Waals surface area contributed by atoms with Crippen LogP contribution in [0, 0.1) is 5.92 Å². The number of fused-ring (bicyclic) bond motifs is 1. The van der Waals surface area contributed by atoms with E-state index in [1.165, 1.54) is 28.4 Å². The summed E-state index contributed by atoms with van der Waals surface area (Å²) in [6, 6.07) is 15.4. The summed E-state index contributed by atoms with van der Waals surface area (Å²) in [6.45, 7) is 3.93. The summed E-state index contributed by atoms with van der Waals surface area (Å²) < 4.78 is 3.22. The molecule has 1 atom stereocenters. The van der Waals surface area contributed by atoms with Gasteiger partial charge in [-0.1, -0.05) is 30.3 Å². The van der Waals surface area contributed by atoms with Crippen molar-refractivity contribution in [2.45, 2.75) is 25.8 Å². The van der Waals surface area contributed by atoms with Crippen molar-refractivity contribution in [3.63, 3.8) is 0 Å². The third-order valence-corrected chi connectivity index (χ3v) is 5.91. The van der Waals surface area contributed by atoms with Crippen LogP contribution in [-0.4, -0.2) is 25.0 Å². The molecule has 5 heteroatoms. The lowest BCUT2D eigenvalue weighted by Crippen LogP contribution is -2.40.